The maximum absolute atomic E-state index is 3.48. The van der Waals surface area contributed by atoms with Crippen molar-refractivity contribution in [2.24, 2.45) is 5.92 Å². The number of nitrogens with zero attached hydrogens (tertiary/aromatic N) is 1. The van der Waals surface area contributed by atoms with Crippen molar-refractivity contribution < 1.29 is 0 Å². The summed E-state index contributed by atoms with van der Waals surface area (Å²) in [5, 5.41) is 3.48. The number of likely N-dealkylation sites (N-methyl/N-ethyl adjacent to an activating group) is 1. The minimum Gasteiger partial charge on any atom is -0.315 e. The van der Waals surface area contributed by atoms with E-state index in [0.29, 0.717) is 0 Å². The first kappa shape index (κ1) is 9.47. The van der Waals surface area contributed by atoms with Crippen molar-refractivity contribution in [3.05, 3.63) is 0 Å². The van der Waals surface area contributed by atoms with Crippen molar-refractivity contribution in [1.82, 2.24) is 10.2 Å². The molecule has 1 aliphatic heterocycles. The number of hydrogen-bond acceptors (Lipinski definition) is 2. The van der Waals surface area contributed by atoms with Crippen LogP contribution in [0, 0.1) is 5.92 Å². The van der Waals surface area contributed by atoms with E-state index in [1.54, 1.807) is 0 Å². The van der Waals surface area contributed by atoms with Gasteiger partial charge in [-0.1, -0.05) is 6.42 Å². The van der Waals surface area contributed by atoms with Gasteiger partial charge in [-0.3, -0.25) is 0 Å². The molecule has 1 aliphatic carbocycles. The van der Waals surface area contributed by atoms with Crippen molar-refractivity contribution in [2.45, 2.75) is 38.1 Å². The lowest BCUT2D eigenvalue weighted by molar-refractivity contribution is 0.143. The summed E-state index contributed by atoms with van der Waals surface area (Å²) in [5.41, 5.74) is 0. The minimum atomic E-state index is 0.814. The van der Waals surface area contributed by atoms with Crippen molar-refractivity contribution in [1.29, 1.82) is 0 Å². The first-order valence-electron chi connectivity index (χ1n) is 5.77. The first-order valence-corrected chi connectivity index (χ1v) is 5.77. The highest BCUT2D eigenvalue weighted by atomic mass is 15.2. The average molecular weight is 182 g/mol. The third-order valence-corrected chi connectivity index (χ3v) is 3.67. The second-order valence-electron chi connectivity index (χ2n) is 4.74. The zero-order valence-electron chi connectivity index (χ0n) is 8.76. The van der Waals surface area contributed by atoms with E-state index in [9.17, 15) is 0 Å². The van der Waals surface area contributed by atoms with Crippen LogP contribution in [0.3, 0.4) is 0 Å². The van der Waals surface area contributed by atoms with Gasteiger partial charge in [-0.25, -0.2) is 0 Å². The Hall–Kier alpha value is -0.0800. The molecule has 0 aromatic carbocycles. The van der Waals surface area contributed by atoms with Crippen LogP contribution >= 0.6 is 0 Å². The molecule has 2 nitrogen and oxygen atoms in total. The molecule has 0 aromatic heterocycles. The number of nitrogens with one attached hydrogen (secondary N) is 1. The Balaban J connectivity index is 1.70. The molecule has 0 bridgehead atoms. The quantitative estimate of drug-likeness (QED) is 0.711. The molecule has 0 amide bonds. The van der Waals surface area contributed by atoms with Gasteiger partial charge in [0.25, 0.3) is 0 Å². The van der Waals surface area contributed by atoms with Crippen LogP contribution in [0.1, 0.15) is 32.1 Å². The fourth-order valence-electron chi connectivity index (χ4n) is 2.44. The number of hydrogen-bond donors (Lipinski definition) is 1. The van der Waals surface area contributed by atoms with Gasteiger partial charge in [-0.2, -0.15) is 0 Å². The van der Waals surface area contributed by atoms with Gasteiger partial charge in [0.1, 0.15) is 0 Å². The lowest BCUT2D eigenvalue weighted by Crippen LogP contribution is -2.46. The highest BCUT2D eigenvalue weighted by Gasteiger charge is 2.23. The van der Waals surface area contributed by atoms with Crippen LogP contribution in [-0.4, -0.2) is 37.6 Å². The van der Waals surface area contributed by atoms with Gasteiger partial charge in [0.15, 0.2) is 0 Å². The summed E-state index contributed by atoms with van der Waals surface area (Å²) < 4.78 is 0. The second kappa shape index (κ2) is 4.43. The maximum atomic E-state index is 3.48. The van der Waals surface area contributed by atoms with E-state index in [1.807, 2.05) is 0 Å². The number of piperidine rings is 1. The summed E-state index contributed by atoms with van der Waals surface area (Å²) in [6.45, 7) is 3.78. The zero-order chi connectivity index (χ0) is 9.10. The van der Waals surface area contributed by atoms with E-state index in [-0.39, 0.29) is 0 Å². The van der Waals surface area contributed by atoms with E-state index in [4.69, 9.17) is 0 Å². The van der Waals surface area contributed by atoms with Crippen LogP contribution in [0.25, 0.3) is 0 Å². The fourth-order valence-corrected chi connectivity index (χ4v) is 2.44. The molecule has 76 valence electrons. The predicted octanol–water partition coefficient (Wildman–Crippen LogP) is 1.47. The van der Waals surface area contributed by atoms with E-state index in [1.165, 1.54) is 51.7 Å². The molecule has 2 rings (SSSR count). The standard InChI is InChI=1S/C11H22N2/c1-13(9-10-4-2-5-10)11-6-3-7-12-8-11/h10-12H,2-9H2,1H3. The zero-order valence-corrected chi connectivity index (χ0v) is 8.76. The summed E-state index contributed by atoms with van der Waals surface area (Å²) in [6.07, 6.45) is 7.19. The third-order valence-electron chi connectivity index (χ3n) is 3.67. The van der Waals surface area contributed by atoms with Gasteiger partial charge in [0.05, 0.1) is 0 Å². The van der Waals surface area contributed by atoms with E-state index in [2.05, 4.69) is 17.3 Å². The van der Waals surface area contributed by atoms with Crippen molar-refractivity contribution in [3.63, 3.8) is 0 Å². The SMILES string of the molecule is CN(CC1CCC1)C1CCCNC1. The molecular formula is C11H22N2. The average Bonchev–Trinajstić information content (AvgIpc) is 2.12. The largest absolute Gasteiger partial charge is 0.315 e. The highest BCUT2D eigenvalue weighted by molar-refractivity contribution is 4.80. The second-order valence-corrected chi connectivity index (χ2v) is 4.74. The Morgan fingerprint density at radius 2 is 2.08 bits per heavy atom. The molecule has 1 heterocycles. The lowest BCUT2D eigenvalue weighted by atomic mass is 9.85. The summed E-state index contributed by atoms with van der Waals surface area (Å²) >= 11 is 0. The van der Waals surface area contributed by atoms with Crippen molar-refractivity contribution in [2.75, 3.05) is 26.7 Å². The van der Waals surface area contributed by atoms with Crippen LogP contribution in [-0.2, 0) is 0 Å². The molecule has 0 radical (unpaired) electrons. The monoisotopic (exact) mass is 182 g/mol. The summed E-state index contributed by atoms with van der Waals surface area (Å²) in [6, 6.07) is 0.814. The van der Waals surface area contributed by atoms with Gasteiger partial charge in [-0.05, 0) is 45.2 Å². The number of rotatable bonds is 3. The molecule has 13 heavy (non-hydrogen) atoms. The molecule has 1 saturated heterocycles. The van der Waals surface area contributed by atoms with Gasteiger partial charge >= 0.3 is 0 Å². The molecule has 1 unspecified atom stereocenters. The summed E-state index contributed by atoms with van der Waals surface area (Å²) in [7, 11) is 2.30. The van der Waals surface area contributed by atoms with Crippen molar-refractivity contribution >= 4 is 0 Å². The summed E-state index contributed by atoms with van der Waals surface area (Å²) in [5.74, 6) is 1.02. The molecule has 0 aromatic rings. The van der Waals surface area contributed by atoms with Crippen LogP contribution in [0.15, 0.2) is 0 Å². The Bertz CT molecular complexity index is 148. The Labute approximate surface area is 81.7 Å². The molecule has 0 spiro atoms. The smallest absolute Gasteiger partial charge is 0.0218 e. The normalized spacial score (nSPS) is 30.5. The first-order chi connectivity index (χ1) is 6.36. The summed E-state index contributed by atoms with van der Waals surface area (Å²) in [4.78, 5) is 2.58. The van der Waals surface area contributed by atoms with Gasteiger partial charge in [0.2, 0.25) is 0 Å². The van der Waals surface area contributed by atoms with Gasteiger partial charge in [-0.15, -0.1) is 0 Å². The molecular weight excluding hydrogens is 160 g/mol. The molecule has 1 saturated carbocycles. The molecule has 2 aliphatic rings. The molecule has 2 heteroatoms. The molecule has 1 atom stereocenters. The van der Waals surface area contributed by atoms with Gasteiger partial charge < -0.3 is 10.2 Å². The topological polar surface area (TPSA) is 15.3 Å². The van der Waals surface area contributed by atoms with E-state index in [0.717, 1.165) is 12.0 Å². The fraction of sp³-hybridized carbons (Fsp3) is 1.00. The maximum Gasteiger partial charge on any atom is 0.0218 e. The van der Waals surface area contributed by atoms with Crippen LogP contribution in [0.5, 0.6) is 0 Å². The minimum absolute atomic E-state index is 0.814. The van der Waals surface area contributed by atoms with Crippen LogP contribution < -0.4 is 5.32 Å². The Kier molecular flexibility index (Phi) is 3.23. The predicted molar refractivity (Wildman–Crippen MR) is 55.9 cm³/mol. The highest BCUT2D eigenvalue weighted by Crippen LogP contribution is 2.27. The third kappa shape index (κ3) is 2.44. The van der Waals surface area contributed by atoms with E-state index < -0.39 is 0 Å². The van der Waals surface area contributed by atoms with Crippen LogP contribution in [0.4, 0.5) is 0 Å². The lowest BCUT2D eigenvalue weighted by Gasteiger charge is -2.36. The van der Waals surface area contributed by atoms with E-state index >= 15 is 0 Å². The Morgan fingerprint density at radius 1 is 1.23 bits per heavy atom. The molecule has 1 N–H and O–H groups in total. The van der Waals surface area contributed by atoms with Crippen LogP contribution in [0.2, 0.25) is 0 Å². The van der Waals surface area contributed by atoms with Crippen molar-refractivity contribution in [3.8, 4) is 0 Å². The van der Waals surface area contributed by atoms with Gasteiger partial charge in [0, 0.05) is 19.1 Å². The Morgan fingerprint density at radius 3 is 2.62 bits per heavy atom. The molecule has 2 fully saturated rings.